The van der Waals surface area contributed by atoms with Crippen molar-refractivity contribution in [3.05, 3.63) is 0 Å². The van der Waals surface area contributed by atoms with Gasteiger partial charge in [-0.2, -0.15) is 12.6 Å². The zero-order valence-corrected chi connectivity index (χ0v) is 12.9. The molecule has 1 fully saturated rings. The zero-order chi connectivity index (χ0) is 14.4. The van der Waals surface area contributed by atoms with Crippen LogP contribution < -0.4 is 5.32 Å². The molecule has 1 rings (SSSR count). The van der Waals surface area contributed by atoms with Crippen LogP contribution in [-0.4, -0.2) is 65.6 Å². The summed E-state index contributed by atoms with van der Waals surface area (Å²) >= 11 is 4.14. The van der Waals surface area contributed by atoms with Gasteiger partial charge in [-0.15, -0.1) is 0 Å². The number of thiol groups is 1. The molecule has 2 unspecified atom stereocenters. The summed E-state index contributed by atoms with van der Waals surface area (Å²) in [4.78, 5) is 27.5. The number of carbonyl (C=O) groups is 2. The van der Waals surface area contributed by atoms with Crippen LogP contribution in [0.5, 0.6) is 0 Å². The number of piperazine rings is 1. The third-order valence-electron chi connectivity index (χ3n) is 3.70. The van der Waals surface area contributed by atoms with Crippen LogP contribution in [0.1, 0.15) is 27.2 Å². The minimum Gasteiger partial charge on any atom is -0.344 e. The van der Waals surface area contributed by atoms with Gasteiger partial charge in [0.2, 0.25) is 11.8 Å². The Hall–Kier alpha value is -0.750. The van der Waals surface area contributed by atoms with E-state index in [-0.39, 0.29) is 11.8 Å². The maximum Gasteiger partial charge on any atom is 0.246 e. The molecule has 0 aromatic heterocycles. The molecular formula is C13H25N3O2S. The third-order valence-corrected chi connectivity index (χ3v) is 4.06. The normalized spacial score (nSPS) is 19.9. The molecule has 0 aliphatic carbocycles. The first-order valence-corrected chi connectivity index (χ1v) is 7.53. The predicted octanol–water partition coefficient (Wildman–Crippen LogP) is 0.364. The fourth-order valence-electron chi connectivity index (χ4n) is 2.29. The van der Waals surface area contributed by atoms with E-state index in [0.717, 1.165) is 32.6 Å². The highest BCUT2D eigenvalue weighted by atomic mass is 32.1. The topological polar surface area (TPSA) is 52.6 Å². The molecule has 2 amide bonds. The smallest absolute Gasteiger partial charge is 0.246 e. The van der Waals surface area contributed by atoms with Gasteiger partial charge in [0, 0.05) is 44.9 Å². The van der Waals surface area contributed by atoms with Crippen molar-refractivity contribution in [2.45, 2.75) is 39.3 Å². The molecule has 1 heterocycles. The predicted molar refractivity (Wildman–Crippen MR) is 79.4 cm³/mol. The number of nitrogens with one attached hydrogen (secondary N) is 1. The molecule has 0 bridgehead atoms. The van der Waals surface area contributed by atoms with E-state index in [0.29, 0.717) is 11.8 Å². The van der Waals surface area contributed by atoms with Crippen molar-refractivity contribution in [1.82, 2.24) is 15.1 Å². The standard InChI is InChI=1S/C13H25N3O2S/c1-4-10(2)15-5-7-16(8-6-15)13(18)12(9-19)14-11(3)17/h10,12,19H,4-9H2,1-3H3,(H,14,17). The van der Waals surface area contributed by atoms with Crippen LogP contribution in [0.15, 0.2) is 0 Å². The lowest BCUT2D eigenvalue weighted by Crippen LogP contribution is -2.56. The maximum absolute atomic E-state index is 12.3. The molecular weight excluding hydrogens is 262 g/mol. The highest BCUT2D eigenvalue weighted by molar-refractivity contribution is 7.80. The lowest BCUT2D eigenvalue weighted by Gasteiger charge is -2.38. The molecule has 19 heavy (non-hydrogen) atoms. The van der Waals surface area contributed by atoms with Crippen molar-refractivity contribution < 1.29 is 9.59 Å². The molecule has 6 heteroatoms. The summed E-state index contributed by atoms with van der Waals surface area (Å²) in [5.41, 5.74) is 0. The van der Waals surface area contributed by atoms with Crippen LogP contribution in [0.3, 0.4) is 0 Å². The van der Waals surface area contributed by atoms with E-state index in [9.17, 15) is 9.59 Å². The quantitative estimate of drug-likeness (QED) is 0.718. The van der Waals surface area contributed by atoms with E-state index < -0.39 is 6.04 Å². The van der Waals surface area contributed by atoms with E-state index in [4.69, 9.17) is 0 Å². The van der Waals surface area contributed by atoms with Crippen molar-refractivity contribution in [2.24, 2.45) is 0 Å². The average Bonchev–Trinajstić information content (AvgIpc) is 2.43. The van der Waals surface area contributed by atoms with Gasteiger partial charge in [0.05, 0.1) is 0 Å². The Balaban J connectivity index is 2.49. The van der Waals surface area contributed by atoms with E-state index >= 15 is 0 Å². The molecule has 2 atom stereocenters. The van der Waals surface area contributed by atoms with E-state index in [2.05, 4.69) is 36.7 Å². The maximum atomic E-state index is 12.3. The van der Waals surface area contributed by atoms with Crippen LogP contribution in [0.2, 0.25) is 0 Å². The molecule has 1 aliphatic rings. The molecule has 1 aliphatic heterocycles. The Morgan fingerprint density at radius 1 is 1.26 bits per heavy atom. The molecule has 5 nitrogen and oxygen atoms in total. The number of hydrogen-bond donors (Lipinski definition) is 2. The van der Waals surface area contributed by atoms with Gasteiger partial charge in [0.15, 0.2) is 0 Å². The van der Waals surface area contributed by atoms with Gasteiger partial charge in [-0.05, 0) is 13.3 Å². The molecule has 0 aromatic rings. The van der Waals surface area contributed by atoms with Crippen LogP contribution in [0.4, 0.5) is 0 Å². The molecule has 0 spiro atoms. The minimum atomic E-state index is -0.504. The number of amides is 2. The van der Waals surface area contributed by atoms with Crippen LogP contribution in [-0.2, 0) is 9.59 Å². The van der Waals surface area contributed by atoms with Crippen molar-refractivity contribution in [2.75, 3.05) is 31.9 Å². The van der Waals surface area contributed by atoms with Crippen LogP contribution in [0.25, 0.3) is 0 Å². The second-order valence-corrected chi connectivity index (χ2v) is 5.42. The fourth-order valence-corrected chi connectivity index (χ4v) is 2.54. The molecule has 0 radical (unpaired) electrons. The van der Waals surface area contributed by atoms with Gasteiger partial charge in [0.1, 0.15) is 6.04 Å². The highest BCUT2D eigenvalue weighted by Crippen LogP contribution is 2.10. The molecule has 1 N–H and O–H groups in total. The minimum absolute atomic E-state index is 0.0194. The van der Waals surface area contributed by atoms with E-state index in [1.54, 1.807) is 0 Å². The average molecular weight is 287 g/mol. The lowest BCUT2D eigenvalue weighted by atomic mass is 10.1. The molecule has 0 aromatic carbocycles. The summed E-state index contributed by atoms with van der Waals surface area (Å²) in [6.07, 6.45) is 1.12. The summed E-state index contributed by atoms with van der Waals surface area (Å²) in [6, 6.07) is 0.0595. The van der Waals surface area contributed by atoms with Crippen LogP contribution >= 0.6 is 12.6 Å². The largest absolute Gasteiger partial charge is 0.344 e. The van der Waals surface area contributed by atoms with Gasteiger partial charge >= 0.3 is 0 Å². The molecule has 110 valence electrons. The van der Waals surface area contributed by atoms with Gasteiger partial charge < -0.3 is 10.2 Å². The lowest BCUT2D eigenvalue weighted by molar-refractivity contribution is -0.137. The Bertz CT molecular complexity index is 317. The first-order valence-electron chi connectivity index (χ1n) is 6.90. The van der Waals surface area contributed by atoms with Gasteiger partial charge in [-0.25, -0.2) is 0 Å². The van der Waals surface area contributed by atoms with Gasteiger partial charge in [-0.1, -0.05) is 6.92 Å². The summed E-state index contributed by atoms with van der Waals surface area (Å²) in [6.45, 7) is 9.08. The zero-order valence-electron chi connectivity index (χ0n) is 12.1. The Morgan fingerprint density at radius 3 is 2.26 bits per heavy atom. The molecule has 0 saturated carbocycles. The summed E-state index contributed by atoms with van der Waals surface area (Å²) < 4.78 is 0. The Morgan fingerprint density at radius 2 is 1.84 bits per heavy atom. The second kappa shape index (κ2) is 7.75. The van der Waals surface area contributed by atoms with Crippen molar-refractivity contribution in [3.63, 3.8) is 0 Å². The third kappa shape index (κ3) is 4.69. The first kappa shape index (κ1) is 16.3. The Kier molecular flexibility index (Phi) is 6.65. The summed E-state index contributed by atoms with van der Waals surface area (Å²) in [5, 5.41) is 2.65. The summed E-state index contributed by atoms with van der Waals surface area (Å²) in [5.74, 6) is 0.129. The van der Waals surface area contributed by atoms with Crippen molar-refractivity contribution >= 4 is 24.4 Å². The highest BCUT2D eigenvalue weighted by Gasteiger charge is 2.28. The number of nitrogens with zero attached hydrogens (tertiary/aromatic N) is 2. The SMILES string of the molecule is CCC(C)N1CCN(C(=O)C(CS)NC(C)=O)CC1. The van der Waals surface area contributed by atoms with Crippen LogP contribution in [0, 0.1) is 0 Å². The second-order valence-electron chi connectivity index (χ2n) is 5.05. The van der Waals surface area contributed by atoms with E-state index in [1.165, 1.54) is 6.92 Å². The van der Waals surface area contributed by atoms with E-state index in [1.807, 2.05) is 4.90 Å². The summed E-state index contributed by atoms with van der Waals surface area (Å²) in [7, 11) is 0. The van der Waals surface area contributed by atoms with Gasteiger partial charge in [-0.3, -0.25) is 14.5 Å². The van der Waals surface area contributed by atoms with Crippen molar-refractivity contribution in [1.29, 1.82) is 0 Å². The Labute approximate surface area is 121 Å². The number of carbonyl (C=O) groups excluding carboxylic acids is 2. The fraction of sp³-hybridized carbons (Fsp3) is 0.846. The number of rotatable bonds is 5. The number of hydrogen-bond acceptors (Lipinski definition) is 4. The van der Waals surface area contributed by atoms with Gasteiger partial charge in [0.25, 0.3) is 0 Å². The monoisotopic (exact) mass is 287 g/mol. The first-order chi connectivity index (χ1) is 8.99. The molecule has 1 saturated heterocycles. The van der Waals surface area contributed by atoms with Crippen molar-refractivity contribution in [3.8, 4) is 0 Å².